The van der Waals surface area contributed by atoms with Crippen LogP contribution in [-0.4, -0.2) is 23.2 Å². The minimum Gasteiger partial charge on any atom is -0.396 e. The number of aromatic nitrogens is 1. The van der Waals surface area contributed by atoms with E-state index in [2.05, 4.69) is 46.7 Å². The van der Waals surface area contributed by atoms with Gasteiger partial charge in [-0.2, -0.15) is 0 Å². The largest absolute Gasteiger partial charge is 0.396 e. The van der Waals surface area contributed by atoms with Crippen molar-refractivity contribution in [2.24, 2.45) is 11.8 Å². The number of fused-ring (bicyclic) bond motifs is 3. The predicted octanol–water partition coefficient (Wildman–Crippen LogP) is 3.32. The van der Waals surface area contributed by atoms with Crippen molar-refractivity contribution < 1.29 is 5.11 Å². The molecule has 0 saturated heterocycles. The first-order chi connectivity index (χ1) is 10.9. The van der Waals surface area contributed by atoms with Gasteiger partial charge in [-0.15, -0.1) is 0 Å². The molecule has 1 aliphatic heterocycles. The maximum Gasteiger partial charge on any atom is 0.0479 e. The highest BCUT2D eigenvalue weighted by atomic mass is 16.3. The van der Waals surface area contributed by atoms with Crippen molar-refractivity contribution >= 4 is 10.9 Å². The maximum absolute atomic E-state index is 9.64. The Bertz CT molecular complexity index is 688. The Kier molecular flexibility index (Phi) is 3.77. The van der Waals surface area contributed by atoms with Gasteiger partial charge in [-0.05, 0) is 55.7 Å². The highest BCUT2D eigenvalue weighted by Crippen LogP contribution is 2.37. The molecule has 4 rings (SSSR count). The molecule has 3 atom stereocenters. The highest BCUT2D eigenvalue weighted by Gasteiger charge is 2.29. The SMILES string of the molecule is OC[C@H]1CC=CC[C@H]1C[C@H]1NCCc2c1[nH]c1ccccc21. The highest BCUT2D eigenvalue weighted by molar-refractivity contribution is 5.85. The zero-order chi connectivity index (χ0) is 14.9. The Morgan fingerprint density at radius 3 is 2.77 bits per heavy atom. The van der Waals surface area contributed by atoms with Crippen molar-refractivity contribution in [3.8, 4) is 0 Å². The number of nitrogens with one attached hydrogen (secondary N) is 2. The second-order valence-electron chi connectivity index (χ2n) is 6.70. The molecule has 22 heavy (non-hydrogen) atoms. The number of H-pyrrole nitrogens is 1. The maximum atomic E-state index is 9.64. The first kappa shape index (κ1) is 14.0. The second kappa shape index (κ2) is 5.90. The van der Waals surface area contributed by atoms with Gasteiger partial charge < -0.3 is 15.4 Å². The lowest BCUT2D eigenvalue weighted by Crippen LogP contribution is -2.33. The number of aliphatic hydroxyl groups excluding tert-OH is 1. The lowest BCUT2D eigenvalue weighted by Gasteiger charge is -2.32. The van der Waals surface area contributed by atoms with Gasteiger partial charge in [-0.3, -0.25) is 0 Å². The van der Waals surface area contributed by atoms with Gasteiger partial charge in [0.15, 0.2) is 0 Å². The van der Waals surface area contributed by atoms with Crippen LogP contribution in [0.2, 0.25) is 0 Å². The summed E-state index contributed by atoms with van der Waals surface area (Å²) >= 11 is 0. The Balaban J connectivity index is 1.63. The molecule has 3 nitrogen and oxygen atoms in total. The summed E-state index contributed by atoms with van der Waals surface area (Å²) in [5, 5.41) is 14.7. The lowest BCUT2D eigenvalue weighted by molar-refractivity contribution is 0.156. The van der Waals surface area contributed by atoms with Crippen molar-refractivity contribution in [3.63, 3.8) is 0 Å². The zero-order valence-corrected chi connectivity index (χ0v) is 12.9. The second-order valence-corrected chi connectivity index (χ2v) is 6.70. The van der Waals surface area contributed by atoms with Crippen LogP contribution in [0.3, 0.4) is 0 Å². The first-order valence-electron chi connectivity index (χ1n) is 8.45. The number of hydrogen-bond donors (Lipinski definition) is 3. The van der Waals surface area contributed by atoms with E-state index < -0.39 is 0 Å². The van der Waals surface area contributed by atoms with Crippen LogP contribution in [-0.2, 0) is 6.42 Å². The lowest BCUT2D eigenvalue weighted by atomic mass is 9.78. The van der Waals surface area contributed by atoms with E-state index in [4.69, 9.17) is 0 Å². The van der Waals surface area contributed by atoms with Gasteiger partial charge in [0.25, 0.3) is 0 Å². The normalized spacial score (nSPS) is 28.0. The molecule has 0 fully saturated rings. The van der Waals surface area contributed by atoms with Gasteiger partial charge >= 0.3 is 0 Å². The summed E-state index contributed by atoms with van der Waals surface area (Å²) in [7, 11) is 0. The van der Waals surface area contributed by atoms with Gasteiger partial charge in [0, 0.05) is 29.2 Å². The van der Waals surface area contributed by atoms with E-state index in [1.165, 1.54) is 22.2 Å². The van der Waals surface area contributed by atoms with E-state index in [0.717, 1.165) is 32.2 Å². The Morgan fingerprint density at radius 2 is 1.91 bits per heavy atom. The van der Waals surface area contributed by atoms with Crippen LogP contribution in [0.1, 0.15) is 36.6 Å². The number of aliphatic hydroxyl groups is 1. The zero-order valence-electron chi connectivity index (χ0n) is 12.9. The molecule has 0 bridgehead atoms. The molecule has 116 valence electrons. The van der Waals surface area contributed by atoms with Crippen LogP contribution in [0.15, 0.2) is 36.4 Å². The minimum absolute atomic E-state index is 0.307. The average Bonchev–Trinajstić information content (AvgIpc) is 2.95. The molecule has 0 unspecified atom stereocenters. The third-order valence-electron chi connectivity index (χ3n) is 5.44. The van der Waals surface area contributed by atoms with Crippen LogP contribution in [0.25, 0.3) is 10.9 Å². The number of rotatable bonds is 3. The fourth-order valence-corrected chi connectivity index (χ4v) is 4.20. The molecule has 3 heteroatoms. The van der Waals surface area contributed by atoms with E-state index in [1.807, 2.05) is 0 Å². The van der Waals surface area contributed by atoms with Crippen molar-refractivity contribution in [2.45, 2.75) is 31.7 Å². The number of aromatic amines is 1. The Labute approximate surface area is 131 Å². The molecular formula is C19H24N2O. The van der Waals surface area contributed by atoms with Crippen LogP contribution in [0.5, 0.6) is 0 Å². The quantitative estimate of drug-likeness (QED) is 0.761. The fraction of sp³-hybridized carbons (Fsp3) is 0.474. The summed E-state index contributed by atoms with van der Waals surface area (Å²) in [5.74, 6) is 0.992. The number of benzene rings is 1. The molecule has 3 N–H and O–H groups in total. The summed E-state index contributed by atoms with van der Waals surface area (Å²) < 4.78 is 0. The third kappa shape index (κ3) is 2.38. The monoisotopic (exact) mass is 296 g/mol. The van der Waals surface area contributed by atoms with Crippen LogP contribution in [0, 0.1) is 11.8 Å². The number of allylic oxidation sites excluding steroid dienone is 2. The van der Waals surface area contributed by atoms with Crippen LogP contribution < -0.4 is 5.32 Å². The van der Waals surface area contributed by atoms with Gasteiger partial charge in [0.1, 0.15) is 0 Å². The van der Waals surface area contributed by atoms with E-state index >= 15 is 0 Å². The molecule has 2 aliphatic rings. The van der Waals surface area contributed by atoms with Crippen molar-refractivity contribution in [3.05, 3.63) is 47.7 Å². The first-order valence-corrected chi connectivity index (χ1v) is 8.45. The number of para-hydroxylation sites is 1. The molecule has 0 spiro atoms. The summed E-state index contributed by atoms with van der Waals surface area (Å²) in [6.45, 7) is 1.35. The van der Waals surface area contributed by atoms with E-state index in [-0.39, 0.29) is 0 Å². The van der Waals surface area contributed by atoms with Gasteiger partial charge in [0.05, 0.1) is 0 Å². The Hall–Kier alpha value is -1.58. The molecule has 1 aliphatic carbocycles. The van der Waals surface area contributed by atoms with Crippen molar-refractivity contribution in [1.29, 1.82) is 0 Å². The molecule has 2 aromatic rings. The molecular weight excluding hydrogens is 272 g/mol. The molecule has 0 amide bonds. The minimum atomic E-state index is 0.307. The van der Waals surface area contributed by atoms with Crippen molar-refractivity contribution in [1.82, 2.24) is 10.3 Å². The van der Waals surface area contributed by atoms with E-state index in [0.29, 0.717) is 24.5 Å². The Morgan fingerprint density at radius 1 is 1.09 bits per heavy atom. The standard InChI is InChI=1S/C19H24N2O/c22-12-14-6-2-1-5-13(14)11-18-19-16(9-10-20-18)15-7-3-4-8-17(15)21-19/h1-4,7-8,13-14,18,20-22H,5-6,9-12H2/t13-,14+,18+/m0/s1. The summed E-state index contributed by atoms with van der Waals surface area (Å²) in [6.07, 6.45) is 8.83. The topological polar surface area (TPSA) is 48.0 Å². The number of hydrogen-bond acceptors (Lipinski definition) is 2. The third-order valence-corrected chi connectivity index (χ3v) is 5.44. The molecule has 1 aromatic carbocycles. The van der Waals surface area contributed by atoms with Crippen molar-refractivity contribution in [2.75, 3.05) is 13.2 Å². The van der Waals surface area contributed by atoms with Crippen LogP contribution in [0.4, 0.5) is 0 Å². The summed E-state index contributed by atoms with van der Waals surface area (Å²) in [5.41, 5.74) is 4.12. The average molecular weight is 296 g/mol. The smallest absolute Gasteiger partial charge is 0.0479 e. The van der Waals surface area contributed by atoms with Gasteiger partial charge in [-0.1, -0.05) is 30.4 Å². The summed E-state index contributed by atoms with van der Waals surface area (Å²) in [6, 6.07) is 9.01. The fourth-order valence-electron chi connectivity index (χ4n) is 4.20. The van der Waals surface area contributed by atoms with E-state index in [1.54, 1.807) is 0 Å². The predicted molar refractivity (Wildman–Crippen MR) is 89.8 cm³/mol. The molecule has 0 radical (unpaired) electrons. The van der Waals surface area contributed by atoms with E-state index in [9.17, 15) is 5.11 Å². The van der Waals surface area contributed by atoms with Crippen LogP contribution >= 0.6 is 0 Å². The molecule has 0 saturated carbocycles. The molecule has 1 aromatic heterocycles. The molecule has 2 heterocycles. The van der Waals surface area contributed by atoms with Gasteiger partial charge in [0.2, 0.25) is 0 Å². The summed E-state index contributed by atoms with van der Waals surface area (Å²) in [4.78, 5) is 3.65. The van der Waals surface area contributed by atoms with Gasteiger partial charge in [-0.25, -0.2) is 0 Å².